The summed E-state index contributed by atoms with van der Waals surface area (Å²) >= 11 is 0. The minimum absolute atomic E-state index is 0. The van der Waals surface area contributed by atoms with E-state index >= 15 is 0 Å². The molecule has 19 heavy (non-hydrogen) atoms. The molecule has 1 fully saturated rings. The molecule has 0 aromatic rings. The van der Waals surface area contributed by atoms with Crippen molar-refractivity contribution in [2.24, 2.45) is 11.1 Å². The van der Waals surface area contributed by atoms with Crippen LogP contribution >= 0.6 is 0 Å². The molecule has 1 aliphatic heterocycles. The summed E-state index contributed by atoms with van der Waals surface area (Å²) in [4.78, 5) is 0. The first-order valence-corrected chi connectivity index (χ1v) is 6.24. The van der Waals surface area contributed by atoms with E-state index in [2.05, 4.69) is 20.8 Å². The smallest absolute Gasteiger partial charge is 0.131 e. The van der Waals surface area contributed by atoms with Crippen molar-refractivity contribution in [2.75, 3.05) is 13.7 Å². The molecule has 4 heteroatoms. The van der Waals surface area contributed by atoms with Gasteiger partial charge >= 0.3 is 0 Å². The number of hydrogen-bond donors (Lipinski definition) is 2. The normalized spacial score (nSPS) is 39.2. The first kappa shape index (κ1) is 21.1. The van der Waals surface area contributed by atoms with Crippen LogP contribution in [0, 0.1) is 5.41 Å². The van der Waals surface area contributed by atoms with Crippen molar-refractivity contribution in [3.8, 4) is 0 Å². The Morgan fingerprint density at radius 1 is 1.37 bits per heavy atom. The SMILES string of the molecule is C.C.COC1(C)CC(C(C)(C)C)OC(C)C1(O)CN. The maximum absolute atomic E-state index is 10.7. The number of ether oxygens (including phenoxy) is 2. The molecular weight excluding hydrogens is 242 g/mol. The molecule has 4 nitrogen and oxygen atoms in total. The van der Waals surface area contributed by atoms with E-state index in [9.17, 15) is 5.11 Å². The lowest BCUT2D eigenvalue weighted by Crippen LogP contribution is -2.70. The zero-order chi connectivity index (χ0) is 13.5. The third-order valence-corrected chi connectivity index (χ3v) is 4.26. The Kier molecular flexibility index (Phi) is 7.26. The Morgan fingerprint density at radius 2 is 1.84 bits per heavy atom. The zero-order valence-electron chi connectivity index (χ0n) is 11.9. The van der Waals surface area contributed by atoms with Crippen molar-refractivity contribution in [1.82, 2.24) is 0 Å². The number of hydrogen-bond acceptors (Lipinski definition) is 4. The minimum Gasteiger partial charge on any atom is -0.383 e. The molecule has 4 unspecified atom stereocenters. The molecule has 4 atom stereocenters. The van der Waals surface area contributed by atoms with Crippen LogP contribution in [0.4, 0.5) is 0 Å². The monoisotopic (exact) mass is 277 g/mol. The van der Waals surface area contributed by atoms with E-state index in [0.717, 1.165) is 0 Å². The second-order valence-corrected chi connectivity index (χ2v) is 6.40. The van der Waals surface area contributed by atoms with Crippen LogP contribution in [0.15, 0.2) is 0 Å². The largest absolute Gasteiger partial charge is 0.383 e. The maximum atomic E-state index is 10.7. The van der Waals surface area contributed by atoms with Crippen LogP contribution in [0.25, 0.3) is 0 Å². The zero-order valence-corrected chi connectivity index (χ0v) is 11.9. The fourth-order valence-corrected chi connectivity index (χ4v) is 2.52. The summed E-state index contributed by atoms with van der Waals surface area (Å²) in [6, 6.07) is 0. The van der Waals surface area contributed by atoms with Gasteiger partial charge in [0, 0.05) is 20.1 Å². The van der Waals surface area contributed by atoms with Gasteiger partial charge < -0.3 is 20.3 Å². The van der Waals surface area contributed by atoms with Gasteiger partial charge in [-0.3, -0.25) is 0 Å². The van der Waals surface area contributed by atoms with Crippen LogP contribution in [0.1, 0.15) is 55.9 Å². The van der Waals surface area contributed by atoms with Crippen LogP contribution in [0.5, 0.6) is 0 Å². The highest BCUT2D eigenvalue weighted by Gasteiger charge is 2.57. The Labute approximate surface area is 119 Å². The molecule has 0 radical (unpaired) electrons. The predicted octanol–water partition coefficient (Wildman–Crippen LogP) is 2.58. The fraction of sp³-hybridized carbons (Fsp3) is 1.00. The average molecular weight is 277 g/mol. The molecule has 0 amide bonds. The predicted molar refractivity (Wildman–Crippen MR) is 81.3 cm³/mol. The van der Waals surface area contributed by atoms with Gasteiger partial charge in [0.2, 0.25) is 0 Å². The van der Waals surface area contributed by atoms with E-state index in [0.29, 0.717) is 6.42 Å². The van der Waals surface area contributed by atoms with Crippen molar-refractivity contribution in [3.63, 3.8) is 0 Å². The quantitative estimate of drug-likeness (QED) is 0.814. The number of rotatable bonds is 2. The summed E-state index contributed by atoms with van der Waals surface area (Å²) in [7, 11) is 1.62. The third-order valence-electron chi connectivity index (χ3n) is 4.26. The van der Waals surface area contributed by atoms with Crippen LogP contribution < -0.4 is 5.73 Å². The molecule has 0 aromatic heterocycles. The van der Waals surface area contributed by atoms with Crippen molar-refractivity contribution in [1.29, 1.82) is 0 Å². The van der Waals surface area contributed by atoms with Crippen LogP contribution in [-0.2, 0) is 9.47 Å². The van der Waals surface area contributed by atoms with Crippen molar-refractivity contribution in [3.05, 3.63) is 0 Å². The van der Waals surface area contributed by atoms with Gasteiger partial charge in [-0.1, -0.05) is 35.6 Å². The van der Waals surface area contributed by atoms with Gasteiger partial charge in [0.15, 0.2) is 0 Å². The fourth-order valence-electron chi connectivity index (χ4n) is 2.52. The molecular formula is C15H35NO3. The van der Waals surface area contributed by atoms with Gasteiger partial charge in [0.1, 0.15) is 5.60 Å². The van der Waals surface area contributed by atoms with Crippen LogP contribution in [0.2, 0.25) is 0 Å². The van der Waals surface area contributed by atoms with Crippen molar-refractivity contribution in [2.45, 2.75) is 79.3 Å². The Balaban J connectivity index is 0. The first-order valence-electron chi connectivity index (χ1n) is 6.24. The van der Waals surface area contributed by atoms with Gasteiger partial charge in [-0.2, -0.15) is 0 Å². The molecule has 1 saturated heterocycles. The molecule has 1 rings (SSSR count). The molecule has 0 saturated carbocycles. The number of nitrogens with two attached hydrogens (primary N) is 1. The summed E-state index contributed by atoms with van der Waals surface area (Å²) in [5, 5.41) is 10.7. The highest BCUT2D eigenvalue weighted by atomic mass is 16.6. The first-order chi connectivity index (χ1) is 7.60. The van der Waals surface area contributed by atoms with Gasteiger partial charge in [-0.25, -0.2) is 0 Å². The lowest BCUT2D eigenvalue weighted by atomic mass is 9.70. The van der Waals surface area contributed by atoms with E-state index in [1.54, 1.807) is 7.11 Å². The van der Waals surface area contributed by atoms with Gasteiger partial charge in [0.25, 0.3) is 0 Å². The topological polar surface area (TPSA) is 64.7 Å². The van der Waals surface area contributed by atoms with Gasteiger partial charge in [0.05, 0.1) is 17.8 Å². The molecule has 0 spiro atoms. The molecule has 1 aliphatic rings. The third kappa shape index (κ3) is 3.48. The molecule has 1 heterocycles. The summed E-state index contributed by atoms with van der Waals surface area (Å²) in [5.74, 6) is 0. The number of aliphatic hydroxyl groups is 1. The average Bonchev–Trinajstić information content (AvgIpc) is 2.23. The van der Waals surface area contributed by atoms with E-state index in [1.165, 1.54) is 0 Å². The summed E-state index contributed by atoms with van der Waals surface area (Å²) in [6.07, 6.45) is 0.357. The number of methoxy groups -OCH3 is 1. The highest BCUT2D eigenvalue weighted by Crippen LogP contribution is 2.44. The summed E-state index contributed by atoms with van der Waals surface area (Å²) in [6.45, 7) is 10.3. The molecule has 118 valence electrons. The van der Waals surface area contributed by atoms with E-state index in [4.69, 9.17) is 15.2 Å². The van der Waals surface area contributed by atoms with E-state index < -0.39 is 11.2 Å². The Hall–Kier alpha value is -0.160. The lowest BCUT2D eigenvalue weighted by molar-refractivity contribution is -0.280. The minimum atomic E-state index is -1.14. The molecule has 3 N–H and O–H groups in total. The highest BCUT2D eigenvalue weighted by molar-refractivity contribution is 5.08. The standard InChI is InChI=1S/C13H27NO3.2CH4/c1-9-13(15,8-14)12(5,16-6)7-10(17-9)11(2,3)4;;/h9-10,15H,7-8,14H2,1-6H3;2*1H4. The summed E-state index contributed by atoms with van der Waals surface area (Å²) < 4.78 is 11.5. The van der Waals surface area contributed by atoms with Crippen molar-refractivity contribution >= 4 is 0 Å². The Bertz CT molecular complexity index is 277. The van der Waals surface area contributed by atoms with E-state index in [-0.39, 0.29) is 39.0 Å². The second-order valence-electron chi connectivity index (χ2n) is 6.40. The van der Waals surface area contributed by atoms with Gasteiger partial charge in [-0.05, 0) is 19.3 Å². The van der Waals surface area contributed by atoms with E-state index in [1.807, 2.05) is 13.8 Å². The van der Waals surface area contributed by atoms with Crippen LogP contribution in [0.3, 0.4) is 0 Å². The molecule has 0 aromatic carbocycles. The second kappa shape index (κ2) is 6.53. The van der Waals surface area contributed by atoms with Crippen molar-refractivity contribution < 1.29 is 14.6 Å². The van der Waals surface area contributed by atoms with Crippen LogP contribution in [-0.4, -0.2) is 42.2 Å². The van der Waals surface area contributed by atoms with Gasteiger partial charge in [-0.15, -0.1) is 0 Å². The summed E-state index contributed by atoms with van der Waals surface area (Å²) in [5.41, 5.74) is 3.94. The molecule has 0 aliphatic carbocycles. The lowest BCUT2D eigenvalue weighted by Gasteiger charge is -2.54. The molecule has 0 bridgehead atoms. The maximum Gasteiger partial charge on any atom is 0.131 e. The Morgan fingerprint density at radius 3 is 2.16 bits per heavy atom.